The van der Waals surface area contributed by atoms with Gasteiger partial charge in [0.2, 0.25) is 5.95 Å². The van der Waals surface area contributed by atoms with Crippen molar-refractivity contribution in [2.45, 2.75) is 13.5 Å². The van der Waals surface area contributed by atoms with Gasteiger partial charge in [0, 0.05) is 12.6 Å². The molecule has 0 aliphatic heterocycles. The van der Waals surface area contributed by atoms with Crippen molar-refractivity contribution in [1.82, 2.24) is 19.7 Å². The fourth-order valence-corrected chi connectivity index (χ4v) is 2.83. The van der Waals surface area contributed by atoms with E-state index in [1.165, 1.54) is 25.9 Å². The highest BCUT2D eigenvalue weighted by atomic mass is 16.5. The molecule has 3 rings (SSSR count). The molecule has 2 heterocycles. The number of carbonyl (C=O) groups excluding carboxylic acids is 1. The summed E-state index contributed by atoms with van der Waals surface area (Å²) < 4.78 is 11.5. The summed E-state index contributed by atoms with van der Waals surface area (Å²) in [7, 11) is 4.19. The van der Waals surface area contributed by atoms with Gasteiger partial charge in [-0.25, -0.2) is 9.78 Å². The molecule has 0 saturated carbocycles. The molecule has 10 nitrogen and oxygen atoms in total. The molecule has 1 amide bonds. The smallest absolute Gasteiger partial charge is 0.416 e. The Morgan fingerprint density at radius 3 is 2.79 bits per heavy atom. The first-order chi connectivity index (χ1) is 13.4. The number of rotatable bonds is 4. The van der Waals surface area contributed by atoms with Crippen molar-refractivity contribution in [3.63, 3.8) is 0 Å². The van der Waals surface area contributed by atoms with Gasteiger partial charge in [-0.2, -0.15) is 10.4 Å². The first kappa shape index (κ1) is 18.9. The lowest BCUT2D eigenvalue weighted by Crippen LogP contribution is -2.30. The van der Waals surface area contributed by atoms with Crippen molar-refractivity contribution in [3.05, 3.63) is 45.4 Å². The third-order valence-electron chi connectivity index (χ3n) is 4.26. The van der Waals surface area contributed by atoms with E-state index in [4.69, 9.17) is 10.00 Å². The minimum absolute atomic E-state index is 0.0583. The largest absolute Gasteiger partial charge is 0.496 e. The number of nitrogens with one attached hydrogen (secondary N) is 1. The van der Waals surface area contributed by atoms with Gasteiger partial charge in [0.05, 0.1) is 38.1 Å². The number of ether oxygens (including phenoxy) is 2. The van der Waals surface area contributed by atoms with Gasteiger partial charge in [-0.15, -0.1) is 0 Å². The predicted molar refractivity (Wildman–Crippen MR) is 101 cm³/mol. The SMILES string of the molecule is COC(=O)N(C)c1nc2c(C)nn(Cc3ccc(C#N)cc3OC)c2c(=O)[nH]1. The lowest BCUT2D eigenvalue weighted by atomic mass is 10.1. The zero-order valence-corrected chi connectivity index (χ0v) is 15.8. The molecular weight excluding hydrogens is 364 g/mol. The van der Waals surface area contributed by atoms with Crippen molar-refractivity contribution in [2.75, 3.05) is 26.2 Å². The van der Waals surface area contributed by atoms with Crippen LogP contribution in [0.1, 0.15) is 16.8 Å². The molecule has 0 saturated heterocycles. The standard InChI is InChI=1S/C18H18N6O4/c1-10-14-15(16(25)21-17(20-14)23(2)18(26)28-4)24(22-10)9-12-6-5-11(8-19)7-13(12)27-3/h5-7H,9H2,1-4H3,(H,20,21,25). The van der Waals surface area contributed by atoms with Crippen molar-refractivity contribution < 1.29 is 14.3 Å². The third kappa shape index (κ3) is 3.25. The van der Waals surface area contributed by atoms with Gasteiger partial charge in [0.1, 0.15) is 11.3 Å². The molecular formula is C18H18N6O4. The Hall–Kier alpha value is -3.87. The summed E-state index contributed by atoms with van der Waals surface area (Å²) in [6, 6.07) is 7.10. The number of methoxy groups -OCH3 is 2. The highest BCUT2D eigenvalue weighted by molar-refractivity contribution is 5.86. The van der Waals surface area contributed by atoms with E-state index >= 15 is 0 Å². The molecule has 0 aliphatic carbocycles. The summed E-state index contributed by atoms with van der Waals surface area (Å²) in [4.78, 5) is 32.4. The molecule has 0 unspecified atom stereocenters. The van der Waals surface area contributed by atoms with Crippen molar-refractivity contribution in [3.8, 4) is 11.8 Å². The van der Waals surface area contributed by atoms with Gasteiger partial charge >= 0.3 is 6.09 Å². The number of fused-ring (bicyclic) bond motifs is 1. The molecule has 10 heteroatoms. The number of anilines is 1. The summed E-state index contributed by atoms with van der Waals surface area (Å²) in [5.74, 6) is 0.578. The average Bonchev–Trinajstić information content (AvgIpc) is 3.02. The number of amides is 1. The number of benzene rings is 1. The Morgan fingerprint density at radius 2 is 2.14 bits per heavy atom. The van der Waals surface area contributed by atoms with Crippen LogP contribution in [0, 0.1) is 18.3 Å². The highest BCUT2D eigenvalue weighted by Gasteiger charge is 2.20. The van der Waals surface area contributed by atoms with E-state index in [0.29, 0.717) is 22.5 Å². The summed E-state index contributed by atoms with van der Waals surface area (Å²) in [6.45, 7) is 1.97. The van der Waals surface area contributed by atoms with Gasteiger partial charge in [0.25, 0.3) is 5.56 Å². The highest BCUT2D eigenvalue weighted by Crippen LogP contribution is 2.23. The van der Waals surface area contributed by atoms with Crippen LogP contribution in [-0.2, 0) is 11.3 Å². The number of nitrogens with zero attached hydrogens (tertiary/aromatic N) is 5. The van der Waals surface area contributed by atoms with Crippen LogP contribution >= 0.6 is 0 Å². The molecule has 0 fully saturated rings. The molecule has 0 radical (unpaired) electrons. The minimum Gasteiger partial charge on any atom is -0.496 e. The van der Waals surface area contributed by atoms with Gasteiger partial charge in [0.15, 0.2) is 5.52 Å². The van der Waals surface area contributed by atoms with Crippen molar-refractivity contribution >= 4 is 23.1 Å². The molecule has 3 aromatic rings. The number of H-pyrrole nitrogens is 1. The monoisotopic (exact) mass is 382 g/mol. The summed E-state index contributed by atoms with van der Waals surface area (Å²) in [5, 5.41) is 13.4. The Morgan fingerprint density at radius 1 is 1.39 bits per heavy atom. The van der Waals surface area contributed by atoms with Crippen LogP contribution in [0.2, 0.25) is 0 Å². The first-order valence-electron chi connectivity index (χ1n) is 8.25. The van der Waals surface area contributed by atoms with Crippen molar-refractivity contribution in [2.24, 2.45) is 0 Å². The van der Waals surface area contributed by atoms with Crippen LogP contribution in [0.4, 0.5) is 10.7 Å². The Balaban J connectivity index is 2.09. The number of aryl methyl sites for hydroxylation is 1. The van der Waals surface area contributed by atoms with E-state index in [9.17, 15) is 9.59 Å². The van der Waals surface area contributed by atoms with E-state index in [-0.39, 0.29) is 18.0 Å². The molecule has 1 aromatic carbocycles. The zero-order valence-electron chi connectivity index (χ0n) is 15.8. The maximum absolute atomic E-state index is 12.7. The quantitative estimate of drug-likeness (QED) is 0.725. The fraction of sp³-hybridized carbons (Fsp3) is 0.278. The van der Waals surface area contributed by atoms with Gasteiger partial charge in [-0.05, 0) is 19.1 Å². The Labute approximate surface area is 159 Å². The average molecular weight is 382 g/mol. The fourth-order valence-electron chi connectivity index (χ4n) is 2.83. The van der Waals surface area contributed by atoms with E-state index in [1.807, 2.05) is 0 Å². The van der Waals surface area contributed by atoms with Crippen LogP contribution in [0.5, 0.6) is 5.75 Å². The molecule has 0 atom stereocenters. The zero-order chi connectivity index (χ0) is 20.4. The third-order valence-corrected chi connectivity index (χ3v) is 4.26. The molecule has 28 heavy (non-hydrogen) atoms. The van der Waals surface area contributed by atoms with Crippen LogP contribution in [0.25, 0.3) is 11.0 Å². The summed E-state index contributed by atoms with van der Waals surface area (Å²) in [5.41, 5.74) is 1.96. The van der Waals surface area contributed by atoms with Crippen LogP contribution in [-0.4, -0.2) is 47.1 Å². The predicted octanol–water partition coefficient (Wildman–Crippen LogP) is 1.56. The second kappa shape index (κ2) is 7.40. The second-order valence-corrected chi connectivity index (χ2v) is 6.00. The van der Waals surface area contributed by atoms with Crippen LogP contribution < -0.4 is 15.2 Å². The van der Waals surface area contributed by atoms with Crippen molar-refractivity contribution in [1.29, 1.82) is 5.26 Å². The molecule has 144 valence electrons. The van der Waals surface area contributed by atoms with E-state index in [2.05, 4.69) is 25.9 Å². The Kier molecular flexibility index (Phi) is 5.00. The Bertz CT molecular complexity index is 1160. The maximum Gasteiger partial charge on any atom is 0.416 e. The number of aromatic nitrogens is 4. The van der Waals surface area contributed by atoms with E-state index in [1.54, 1.807) is 25.1 Å². The summed E-state index contributed by atoms with van der Waals surface area (Å²) in [6.07, 6.45) is -0.658. The maximum atomic E-state index is 12.7. The molecule has 0 spiro atoms. The van der Waals surface area contributed by atoms with Gasteiger partial charge in [-0.3, -0.25) is 19.4 Å². The number of hydrogen-bond donors (Lipinski definition) is 1. The summed E-state index contributed by atoms with van der Waals surface area (Å²) >= 11 is 0. The van der Waals surface area contributed by atoms with E-state index < -0.39 is 11.7 Å². The first-order valence-corrected chi connectivity index (χ1v) is 8.25. The lowest BCUT2D eigenvalue weighted by Gasteiger charge is -2.14. The minimum atomic E-state index is -0.658. The number of hydrogen-bond acceptors (Lipinski definition) is 7. The molecule has 2 aromatic heterocycles. The lowest BCUT2D eigenvalue weighted by molar-refractivity contribution is 0.180. The topological polar surface area (TPSA) is 126 Å². The second-order valence-electron chi connectivity index (χ2n) is 6.00. The van der Waals surface area contributed by atoms with Gasteiger partial charge < -0.3 is 9.47 Å². The normalized spacial score (nSPS) is 10.5. The number of carbonyl (C=O) groups is 1. The van der Waals surface area contributed by atoms with Crippen LogP contribution in [0.3, 0.4) is 0 Å². The molecule has 1 N–H and O–H groups in total. The number of aromatic amines is 1. The molecule has 0 bridgehead atoms. The number of nitriles is 1. The molecule has 0 aliphatic rings. The van der Waals surface area contributed by atoms with Crippen LogP contribution in [0.15, 0.2) is 23.0 Å². The van der Waals surface area contributed by atoms with E-state index in [0.717, 1.165) is 10.5 Å². The van der Waals surface area contributed by atoms with Gasteiger partial charge in [-0.1, -0.05) is 6.07 Å².